The minimum absolute atomic E-state index is 0.0390. The van der Waals surface area contributed by atoms with Gasteiger partial charge in [0.05, 0.1) is 0 Å². The summed E-state index contributed by atoms with van der Waals surface area (Å²) in [5.41, 5.74) is 2.33. The van der Waals surface area contributed by atoms with Crippen LogP contribution >= 0.6 is 0 Å². The van der Waals surface area contributed by atoms with Crippen molar-refractivity contribution in [3.05, 3.63) is 30.0 Å². The number of fused-ring (bicyclic) bond motifs is 1. The van der Waals surface area contributed by atoms with Crippen LogP contribution in [0.3, 0.4) is 0 Å². The second kappa shape index (κ2) is 7.27. The Balaban J connectivity index is 1.91. The Morgan fingerprint density at radius 3 is 2.56 bits per heavy atom. The van der Waals surface area contributed by atoms with E-state index in [0.717, 1.165) is 48.8 Å². The van der Waals surface area contributed by atoms with Gasteiger partial charge in [0.2, 0.25) is 5.91 Å². The lowest BCUT2D eigenvalue weighted by Gasteiger charge is -2.31. The SMILES string of the molecule is CC(C)C(=O)Nc1ccc2c([C@@H](C(=O)O)N3CCCCC3)c[nH]c2c1. The predicted molar refractivity (Wildman–Crippen MR) is 97.6 cm³/mol. The highest BCUT2D eigenvalue weighted by Crippen LogP contribution is 2.32. The lowest BCUT2D eigenvalue weighted by atomic mass is 10.0. The van der Waals surface area contributed by atoms with Crippen LogP contribution in [0.25, 0.3) is 10.9 Å². The molecule has 3 N–H and O–H groups in total. The average molecular weight is 343 g/mol. The van der Waals surface area contributed by atoms with E-state index in [1.807, 2.05) is 36.9 Å². The number of hydrogen-bond donors (Lipinski definition) is 3. The normalized spacial score (nSPS) is 16.9. The number of aliphatic carboxylic acids is 1. The number of carboxylic acid groups (broad SMARTS) is 1. The molecule has 1 aromatic heterocycles. The van der Waals surface area contributed by atoms with Gasteiger partial charge in [-0.2, -0.15) is 0 Å². The van der Waals surface area contributed by atoms with Crippen LogP contribution in [0.1, 0.15) is 44.7 Å². The Labute approximate surface area is 147 Å². The fourth-order valence-corrected chi connectivity index (χ4v) is 3.40. The Bertz CT molecular complexity index is 775. The zero-order valence-electron chi connectivity index (χ0n) is 14.7. The number of piperidine rings is 1. The Hall–Kier alpha value is -2.34. The van der Waals surface area contributed by atoms with Gasteiger partial charge in [-0.3, -0.25) is 14.5 Å². The first-order chi connectivity index (χ1) is 12.0. The summed E-state index contributed by atoms with van der Waals surface area (Å²) in [7, 11) is 0. The fraction of sp³-hybridized carbons (Fsp3) is 0.474. The lowest BCUT2D eigenvalue weighted by Crippen LogP contribution is -2.37. The van der Waals surface area contributed by atoms with Crippen LogP contribution in [-0.2, 0) is 9.59 Å². The molecule has 1 fully saturated rings. The van der Waals surface area contributed by atoms with Crippen molar-refractivity contribution in [1.29, 1.82) is 0 Å². The maximum atomic E-state index is 11.9. The summed E-state index contributed by atoms with van der Waals surface area (Å²) < 4.78 is 0. The van der Waals surface area contributed by atoms with Crippen LogP contribution in [0.2, 0.25) is 0 Å². The summed E-state index contributed by atoms with van der Waals surface area (Å²) in [6.45, 7) is 5.31. The number of carbonyl (C=O) groups excluding carboxylic acids is 1. The molecule has 0 aliphatic carbocycles. The number of nitrogens with one attached hydrogen (secondary N) is 2. The minimum atomic E-state index is -0.819. The standard InChI is InChI=1S/C19H25N3O3/c1-12(2)18(23)21-13-6-7-14-15(11-20-16(14)10-13)17(19(24)25)22-8-4-3-5-9-22/h6-7,10-12,17,20H,3-5,8-9H2,1-2H3,(H,21,23)(H,24,25)/t17-/m0/s1. The van der Waals surface area contributed by atoms with Crippen molar-refractivity contribution >= 4 is 28.5 Å². The molecule has 1 saturated heterocycles. The number of hydrogen-bond acceptors (Lipinski definition) is 3. The highest BCUT2D eigenvalue weighted by atomic mass is 16.4. The second-order valence-electron chi connectivity index (χ2n) is 6.99. The number of benzene rings is 1. The molecule has 6 nitrogen and oxygen atoms in total. The maximum Gasteiger partial charge on any atom is 0.325 e. The van der Waals surface area contributed by atoms with Crippen LogP contribution in [0.4, 0.5) is 5.69 Å². The van der Waals surface area contributed by atoms with E-state index < -0.39 is 12.0 Å². The zero-order valence-corrected chi connectivity index (χ0v) is 14.7. The van der Waals surface area contributed by atoms with Gasteiger partial charge in [-0.05, 0) is 38.1 Å². The van der Waals surface area contributed by atoms with Crippen LogP contribution in [-0.4, -0.2) is 40.0 Å². The molecule has 2 aromatic rings. The largest absolute Gasteiger partial charge is 0.480 e. The Morgan fingerprint density at radius 2 is 1.92 bits per heavy atom. The van der Waals surface area contributed by atoms with Crippen LogP contribution in [0.15, 0.2) is 24.4 Å². The number of H-pyrrole nitrogens is 1. The Kier molecular flexibility index (Phi) is 5.08. The van der Waals surface area contributed by atoms with Crippen molar-refractivity contribution in [3.63, 3.8) is 0 Å². The van der Waals surface area contributed by atoms with E-state index in [-0.39, 0.29) is 11.8 Å². The molecular weight excluding hydrogens is 318 g/mol. The Morgan fingerprint density at radius 1 is 1.20 bits per heavy atom. The molecule has 25 heavy (non-hydrogen) atoms. The molecule has 0 saturated carbocycles. The third-order valence-electron chi connectivity index (χ3n) is 4.79. The van der Waals surface area contributed by atoms with Gasteiger partial charge in [-0.1, -0.05) is 26.3 Å². The summed E-state index contributed by atoms with van der Waals surface area (Å²) in [6, 6.07) is 4.94. The summed E-state index contributed by atoms with van der Waals surface area (Å²) in [5, 5.41) is 13.5. The molecule has 1 atom stereocenters. The number of anilines is 1. The van der Waals surface area contributed by atoms with Crippen LogP contribution < -0.4 is 5.32 Å². The number of aromatic amines is 1. The number of rotatable bonds is 5. The quantitative estimate of drug-likeness (QED) is 0.777. The van der Waals surface area contributed by atoms with Crippen molar-refractivity contribution in [2.45, 2.75) is 39.2 Å². The number of likely N-dealkylation sites (tertiary alicyclic amines) is 1. The number of carbonyl (C=O) groups is 2. The average Bonchev–Trinajstić information content (AvgIpc) is 2.98. The first-order valence-corrected chi connectivity index (χ1v) is 8.86. The van der Waals surface area contributed by atoms with Crippen LogP contribution in [0.5, 0.6) is 0 Å². The van der Waals surface area contributed by atoms with Gasteiger partial charge in [-0.25, -0.2) is 0 Å². The molecule has 0 bridgehead atoms. The molecule has 0 spiro atoms. The van der Waals surface area contributed by atoms with E-state index in [2.05, 4.69) is 10.3 Å². The molecule has 0 radical (unpaired) electrons. The molecule has 2 heterocycles. The molecule has 134 valence electrons. The van der Waals surface area contributed by atoms with E-state index in [0.29, 0.717) is 5.69 Å². The zero-order chi connectivity index (χ0) is 18.0. The predicted octanol–water partition coefficient (Wildman–Crippen LogP) is 3.37. The topological polar surface area (TPSA) is 85.4 Å². The highest BCUT2D eigenvalue weighted by molar-refractivity contribution is 5.96. The number of carboxylic acids is 1. The molecular formula is C19H25N3O3. The highest BCUT2D eigenvalue weighted by Gasteiger charge is 2.30. The second-order valence-corrected chi connectivity index (χ2v) is 6.99. The van der Waals surface area contributed by atoms with Gasteiger partial charge in [0.15, 0.2) is 0 Å². The van der Waals surface area contributed by atoms with E-state index in [9.17, 15) is 14.7 Å². The van der Waals surface area contributed by atoms with Crippen molar-refractivity contribution in [2.24, 2.45) is 5.92 Å². The van der Waals surface area contributed by atoms with Crippen molar-refractivity contribution < 1.29 is 14.7 Å². The van der Waals surface area contributed by atoms with E-state index in [4.69, 9.17) is 0 Å². The molecule has 6 heteroatoms. The van der Waals surface area contributed by atoms with E-state index in [1.165, 1.54) is 0 Å². The van der Waals surface area contributed by atoms with Crippen molar-refractivity contribution in [1.82, 2.24) is 9.88 Å². The summed E-state index contributed by atoms with van der Waals surface area (Å²) in [4.78, 5) is 29.0. The molecule has 1 aliphatic heterocycles. The van der Waals surface area contributed by atoms with Crippen molar-refractivity contribution in [2.75, 3.05) is 18.4 Å². The number of nitrogens with zero attached hydrogens (tertiary/aromatic N) is 1. The monoisotopic (exact) mass is 343 g/mol. The van der Waals surface area contributed by atoms with Crippen LogP contribution in [0, 0.1) is 5.92 Å². The third kappa shape index (κ3) is 3.69. The number of aromatic nitrogens is 1. The first-order valence-electron chi connectivity index (χ1n) is 8.86. The summed E-state index contributed by atoms with van der Waals surface area (Å²) in [5.74, 6) is -0.951. The van der Waals surface area contributed by atoms with E-state index in [1.54, 1.807) is 6.20 Å². The van der Waals surface area contributed by atoms with Gasteiger partial charge in [0.25, 0.3) is 0 Å². The molecule has 0 unspecified atom stereocenters. The van der Waals surface area contributed by atoms with Crippen molar-refractivity contribution in [3.8, 4) is 0 Å². The lowest BCUT2D eigenvalue weighted by molar-refractivity contribution is -0.144. The molecule has 1 aliphatic rings. The first kappa shape index (κ1) is 17.5. The molecule has 1 amide bonds. The summed E-state index contributed by atoms with van der Waals surface area (Å²) in [6.07, 6.45) is 5.02. The van der Waals surface area contributed by atoms with Gasteiger partial charge < -0.3 is 15.4 Å². The van der Waals surface area contributed by atoms with Gasteiger partial charge in [-0.15, -0.1) is 0 Å². The van der Waals surface area contributed by atoms with Gasteiger partial charge in [0, 0.05) is 34.3 Å². The molecule has 3 rings (SSSR count). The minimum Gasteiger partial charge on any atom is -0.480 e. The number of amides is 1. The third-order valence-corrected chi connectivity index (χ3v) is 4.79. The smallest absolute Gasteiger partial charge is 0.325 e. The van der Waals surface area contributed by atoms with Gasteiger partial charge >= 0.3 is 5.97 Å². The molecule has 1 aromatic carbocycles. The van der Waals surface area contributed by atoms with E-state index >= 15 is 0 Å². The van der Waals surface area contributed by atoms with Gasteiger partial charge in [0.1, 0.15) is 6.04 Å². The fourth-order valence-electron chi connectivity index (χ4n) is 3.40. The maximum absolute atomic E-state index is 11.9. The summed E-state index contributed by atoms with van der Waals surface area (Å²) >= 11 is 0.